The number of aliphatic hydroxyl groups is 3. The molecule has 8 N–H and O–H groups in total. The van der Waals surface area contributed by atoms with Crippen LogP contribution in [0.1, 0.15) is 6.23 Å². The molecule has 1 aliphatic heterocycles. The van der Waals surface area contributed by atoms with E-state index in [1.807, 2.05) is 0 Å². The number of hydrogen-bond donors (Lipinski definition) is 5. The maximum atomic E-state index is 11.7. The first-order valence-corrected chi connectivity index (χ1v) is 5.87. The van der Waals surface area contributed by atoms with E-state index < -0.39 is 36.7 Å². The van der Waals surface area contributed by atoms with Crippen molar-refractivity contribution in [3.8, 4) is 0 Å². The highest BCUT2D eigenvalue weighted by atomic mass is 16.8. The second kappa shape index (κ2) is 5.38. The molecule has 0 spiro atoms. The van der Waals surface area contributed by atoms with Gasteiger partial charge in [0.25, 0.3) is 5.56 Å². The summed E-state index contributed by atoms with van der Waals surface area (Å²) in [6.07, 6.45) is -3.21. The lowest BCUT2D eigenvalue weighted by Crippen LogP contribution is -2.33. The molecule has 0 aliphatic carbocycles. The summed E-state index contributed by atoms with van der Waals surface area (Å²) in [4.78, 5) is 21.8. The lowest BCUT2D eigenvalue weighted by molar-refractivity contribution is -0.0511. The molecule has 3 heterocycles. The van der Waals surface area contributed by atoms with Crippen LogP contribution in [0.15, 0.2) is 11.1 Å². The molecule has 21 heavy (non-hydrogen) atoms. The normalized spacial score (nSPS) is 28.7. The van der Waals surface area contributed by atoms with E-state index in [-0.39, 0.29) is 22.6 Å². The van der Waals surface area contributed by atoms with Crippen LogP contribution in [-0.4, -0.2) is 65.2 Å². The Balaban J connectivity index is 0.00000161. The van der Waals surface area contributed by atoms with Gasteiger partial charge in [0.2, 0.25) is 5.95 Å². The first-order valence-electron chi connectivity index (χ1n) is 5.87. The number of anilines is 1. The van der Waals surface area contributed by atoms with Gasteiger partial charge in [0, 0.05) is 0 Å². The fourth-order valence-electron chi connectivity index (χ4n) is 2.24. The second-order valence-corrected chi connectivity index (χ2v) is 4.50. The summed E-state index contributed by atoms with van der Waals surface area (Å²) in [7, 11) is 0. The highest BCUT2D eigenvalue weighted by Crippen LogP contribution is 2.30. The lowest BCUT2D eigenvalue weighted by Gasteiger charge is -2.16. The molecule has 0 amide bonds. The number of nitrogens with two attached hydrogens (primary N) is 1. The van der Waals surface area contributed by atoms with Crippen molar-refractivity contribution in [2.24, 2.45) is 0 Å². The highest BCUT2D eigenvalue weighted by molar-refractivity contribution is 5.70. The maximum Gasteiger partial charge on any atom is 0.280 e. The van der Waals surface area contributed by atoms with Crippen molar-refractivity contribution in [1.29, 1.82) is 0 Å². The van der Waals surface area contributed by atoms with Crippen LogP contribution in [0.25, 0.3) is 11.2 Å². The predicted molar refractivity (Wildman–Crippen MR) is 69.2 cm³/mol. The third-order valence-electron chi connectivity index (χ3n) is 3.24. The molecule has 0 unspecified atom stereocenters. The fourth-order valence-corrected chi connectivity index (χ4v) is 2.24. The predicted octanol–water partition coefficient (Wildman–Crippen LogP) is -3.51. The van der Waals surface area contributed by atoms with Gasteiger partial charge in [-0.25, -0.2) is 4.98 Å². The Morgan fingerprint density at radius 2 is 2.14 bits per heavy atom. The first-order chi connectivity index (χ1) is 9.52. The number of rotatable bonds is 2. The second-order valence-electron chi connectivity index (χ2n) is 4.50. The maximum absolute atomic E-state index is 11.7. The van der Waals surface area contributed by atoms with Crippen LogP contribution in [-0.2, 0) is 4.74 Å². The van der Waals surface area contributed by atoms with Crippen LogP contribution in [0.3, 0.4) is 0 Å². The van der Waals surface area contributed by atoms with Gasteiger partial charge >= 0.3 is 0 Å². The molecule has 11 nitrogen and oxygen atoms in total. The van der Waals surface area contributed by atoms with E-state index in [2.05, 4.69) is 15.0 Å². The number of imidazole rings is 1. The van der Waals surface area contributed by atoms with E-state index in [0.717, 1.165) is 0 Å². The van der Waals surface area contributed by atoms with Gasteiger partial charge in [-0.2, -0.15) is 4.98 Å². The number of aromatic amines is 1. The first kappa shape index (κ1) is 15.3. The third kappa shape index (κ3) is 2.26. The number of ether oxygens (including phenoxy) is 1. The molecule has 3 rings (SSSR count). The Kier molecular flexibility index (Phi) is 3.93. The zero-order valence-electron chi connectivity index (χ0n) is 10.7. The SMILES string of the molecule is O.[15NH2][13c]1[15n][13c]2[13c]([15n][13cH][15n]2[13C@@H]2O[13C@H]([13CH2]O)[13C@@H](O)[13C@H]2O)[13c](=O)[15nH]1. The largest absolute Gasteiger partial charge is 0.412 e. The summed E-state index contributed by atoms with van der Waals surface area (Å²) in [6, 6.07) is 0. The summed E-state index contributed by atoms with van der Waals surface area (Å²) in [5, 5.41) is 28.7. The number of nitrogen functional groups attached to an aromatic ring is 1. The number of H-pyrrole nitrogens is 1. The number of nitrogens with one attached hydrogen (secondary N) is 1. The summed E-state index contributed by atoms with van der Waals surface area (Å²) in [5.41, 5.74) is 5.12. The number of fused-ring (bicyclic) bond motifs is 1. The fraction of sp³-hybridized carbons (Fsp3) is 0.500. The van der Waals surface area contributed by atoms with Crippen molar-refractivity contribution < 1.29 is 25.5 Å². The van der Waals surface area contributed by atoms with Gasteiger partial charge in [0.1, 0.15) is 18.3 Å². The van der Waals surface area contributed by atoms with Crippen molar-refractivity contribution in [1.82, 2.24) is 19.5 Å². The van der Waals surface area contributed by atoms with E-state index in [1.54, 1.807) is 0 Å². The third-order valence-corrected chi connectivity index (χ3v) is 3.24. The average molecular weight is 316 g/mol. The van der Waals surface area contributed by atoms with Crippen molar-refractivity contribution in [3.63, 3.8) is 0 Å². The Hall–Kier alpha value is -2.05. The highest BCUT2D eigenvalue weighted by Gasteiger charge is 2.44. The molecule has 2 aromatic rings. The molecule has 1 fully saturated rings. The van der Waals surface area contributed by atoms with E-state index in [0.29, 0.717) is 0 Å². The molecule has 11 heteroatoms. The topological polar surface area (TPSA) is 191 Å². The molecule has 0 aromatic carbocycles. The van der Waals surface area contributed by atoms with E-state index in [4.69, 9.17) is 15.6 Å². The number of nitrogens with zero attached hydrogens (tertiary/aromatic N) is 3. The standard InChI is InChI=1S/C10H13N5O5.H2O/c11-10-13-7-4(8(19)14-10)12-2-15(7)9-6(18)5(17)3(1-16)20-9;/h2-3,5-6,9,16-18H,1H2,(H3,11,13,14,19);1H2/t3-,5-,6-,9-;/m1./s1/i1+1,2+1,3+1,4+1,5+1,6+1,7+1,8+1,9+1,10+1,11+1,12+1,13+1,14+1,15+1;. The average Bonchev–Trinajstić information content (AvgIpc) is 2.93. The van der Waals surface area contributed by atoms with Crippen LogP contribution < -0.4 is 11.3 Å². The van der Waals surface area contributed by atoms with Crippen molar-refractivity contribution >= 4 is 17.1 Å². The van der Waals surface area contributed by atoms with Gasteiger partial charge in [0.15, 0.2) is 17.4 Å². The summed E-state index contributed by atoms with van der Waals surface area (Å²) < 4.78 is 6.64. The van der Waals surface area contributed by atoms with Gasteiger partial charge in [-0.15, -0.1) is 0 Å². The van der Waals surface area contributed by atoms with Crippen LogP contribution in [0, 0.1) is 0 Å². The quantitative estimate of drug-likeness (QED) is 0.278. The molecular formula is C10H15N5O6. The van der Waals surface area contributed by atoms with Crippen LogP contribution in [0.2, 0.25) is 0 Å². The molecule has 1 aliphatic rings. The van der Waals surface area contributed by atoms with E-state index >= 15 is 0 Å². The summed E-state index contributed by atoms with van der Waals surface area (Å²) >= 11 is 0. The van der Waals surface area contributed by atoms with Crippen LogP contribution >= 0.6 is 0 Å². The van der Waals surface area contributed by atoms with Gasteiger partial charge < -0.3 is 31.3 Å². The Morgan fingerprint density at radius 3 is 2.76 bits per heavy atom. The van der Waals surface area contributed by atoms with E-state index in [1.165, 1.54) is 10.9 Å². The van der Waals surface area contributed by atoms with Crippen molar-refractivity contribution in [3.05, 3.63) is 16.7 Å². The summed E-state index contributed by atoms with van der Waals surface area (Å²) in [6.45, 7) is -0.447. The van der Waals surface area contributed by atoms with Crippen LogP contribution in [0.5, 0.6) is 0 Å². The van der Waals surface area contributed by atoms with Gasteiger partial charge in [0.05, 0.1) is 12.9 Å². The van der Waals surface area contributed by atoms with Crippen LogP contribution in [0.4, 0.5) is 5.95 Å². The smallest absolute Gasteiger partial charge is 0.280 e. The molecule has 116 valence electrons. The van der Waals surface area contributed by atoms with Gasteiger partial charge in [-0.3, -0.25) is 14.3 Å². The van der Waals surface area contributed by atoms with Gasteiger partial charge in [-0.1, -0.05) is 0 Å². The van der Waals surface area contributed by atoms with Crippen molar-refractivity contribution in [2.75, 3.05) is 12.3 Å². The Morgan fingerprint density at radius 1 is 1.43 bits per heavy atom. The number of hydrogen-bond acceptors (Lipinski definition) is 8. The molecular weight excluding hydrogens is 301 g/mol. The summed E-state index contributed by atoms with van der Waals surface area (Å²) in [5.74, 6) is -0.101. The molecule has 4 atom stereocenters. The molecule has 2 aromatic heterocycles. The number of aromatic nitrogens is 4. The molecule has 0 saturated carbocycles. The monoisotopic (exact) mass is 316 g/mol. The zero-order chi connectivity index (χ0) is 14.4. The van der Waals surface area contributed by atoms with Gasteiger partial charge in [-0.05, 0) is 0 Å². The molecule has 0 radical (unpaired) electrons. The minimum atomic E-state index is -1.29. The molecule has 0 bridgehead atoms. The Bertz CT molecular complexity index is 699. The minimum absolute atomic E-state index is 0. The Labute approximate surface area is 116 Å². The minimum Gasteiger partial charge on any atom is -0.412 e. The lowest BCUT2D eigenvalue weighted by atomic mass is 11.1. The van der Waals surface area contributed by atoms with Crippen molar-refractivity contribution in [2.45, 2.75) is 24.5 Å². The van der Waals surface area contributed by atoms with E-state index in [9.17, 15) is 15.0 Å². The number of aliphatic hydroxyl groups excluding tert-OH is 3. The molecule has 1 saturated heterocycles. The zero-order valence-corrected chi connectivity index (χ0v) is 10.7.